The van der Waals surface area contributed by atoms with Gasteiger partial charge in [0.25, 0.3) is 11.8 Å². The summed E-state index contributed by atoms with van der Waals surface area (Å²) in [5, 5.41) is 2.87. The number of hydrogen-bond acceptors (Lipinski definition) is 5. The SMILES string of the molecule is O=C(COc1ccccc1)N1CCC([C@H]2CCCCN2C(=O)CN2C(=O)NC3(CCCC3)C2=O)CC1. The van der Waals surface area contributed by atoms with Crippen molar-refractivity contribution in [2.24, 2.45) is 5.92 Å². The Kier molecular flexibility index (Phi) is 7.16. The molecule has 1 saturated carbocycles. The third-order valence-electron chi connectivity index (χ3n) is 8.41. The zero-order chi connectivity index (χ0) is 25.1. The van der Waals surface area contributed by atoms with Crippen molar-refractivity contribution in [3.8, 4) is 5.75 Å². The maximum absolute atomic E-state index is 13.4. The van der Waals surface area contributed by atoms with E-state index in [1.807, 2.05) is 40.1 Å². The predicted octanol–water partition coefficient (Wildman–Crippen LogP) is 2.55. The number of hydrogen-bond donors (Lipinski definition) is 1. The van der Waals surface area contributed by atoms with E-state index in [0.717, 1.165) is 49.8 Å². The first-order valence-electron chi connectivity index (χ1n) is 13.4. The van der Waals surface area contributed by atoms with Gasteiger partial charge in [0.2, 0.25) is 5.91 Å². The third kappa shape index (κ3) is 4.92. The predicted molar refractivity (Wildman–Crippen MR) is 132 cm³/mol. The van der Waals surface area contributed by atoms with E-state index in [9.17, 15) is 19.2 Å². The van der Waals surface area contributed by atoms with Crippen LogP contribution in [0.4, 0.5) is 4.79 Å². The number of ether oxygens (including phenoxy) is 1. The smallest absolute Gasteiger partial charge is 0.325 e. The number of nitrogens with one attached hydrogen (secondary N) is 1. The fourth-order valence-corrected chi connectivity index (χ4v) is 6.41. The number of carbonyl (C=O) groups is 4. The summed E-state index contributed by atoms with van der Waals surface area (Å²) in [4.78, 5) is 56.5. The molecule has 4 aliphatic rings. The molecule has 36 heavy (non-hydrogen) atoms. The molecule has 194 valence electrons. The minimum absolute atomic E-state index is 0.0201. The maximum atomic E-state index is 13.4. The van der Waals surface area contributed by atoms with E-state index in [1.165, 1.54) is 0 Å². The Labute approximate surface area is 212 Å². The number of imide groups is 1. The molecule has 3 aliphatic heterocycles. The average molecular weight is 497 g/mol. The van der Waals surface area contributed by atoms with Gasteiger partial charge in [0.1, 0.15) is 17.8 Å². The number of nitrogens with zero attached hydrogens (tertiary/aromatic N) is 3. The van der Waals surface area contributed by atoms with Crippen LogP contribution < -0.4 is 10.1 Å². The van der Waals surface area contributed by atoms with Crippen LogP contribution in [-0.2, 0) is 14.4 Å². The molecule has 1 atom stereocenters. The van der Waals surface area contributed by atoms with Gasteiger partial charge in [-0.1, -0.05) is 31.0 Å². The van der Waals surface area contributed by atoms with E-state index in [-0.39, 0.29) is 36.9 Å². The Hall–Kier alpha value is -3.10. The molecule has 1 spiro atoms. The lowest BCUT2D eigenvalue weighted by molar-refractivity contribution is -0.143. The normalized spacial score (nSPS) is 24.3. The average Bonchev–Trinajstić information content (AvgIpc) is 3.48. The number of piperidine rings is 2. The molecule has 0 bridgehead atoms. The lowest BCUT2D eigenvalue weighted by Crippen LogP contribution is -2.54. The van der Waals surface area contributed by atoms with E-state index >= 15 is 0 Å². The zero-order valence-corrected chi connectivity index (χ0v) is 20.8. The summed E-state index contributed by atoms with van der Waals surface area (Å²) >= 11 is 0. The van der Waals surface area contributed by atoms with Crippen LogP contribution in [-0.4, -0.2) is 82.8 Å². The quantitative estimate of drug-likeness (QED) is 0.611. The lowest BCUT2D eigenvalue weighted by Gasteiger charge is -2.44. The van der Waals surface area contributed by atoms with Crippen molar-refractivity contribution in [3.63, 3.8) is 0 Å². The summed E-state index contributed by atoms with van der Waals surface area (Å²) in [6.45, 7) is 1.79. The zero-order valence-electron chi connectivity index (χ0n) is 20.8. The summed E-state index contributed by atoms with van der Waals surface area (Å²) in [6, 6.07) is 8.98. The fraction of sp³-hybridized carbons (Fsp3) is 0.630. The van der Waals surface area contributed by atoms with Crippen molar-refractivity contribution in [3.05, 3.63) is 30.3 Å². The van der Waals surface area contributed by atoms with Gasteiger partial charge < -0.3 is 19.9 Å². The monoisotopic (exact) mass is 496 g/mol. The maximum Gasteiger partial charge on any atom is 0.325 e. The van der Waals surface area contributed by atoms with E-state index in [2.05, 4.69) is 5.32 Å². The highest BCUT2D eigenvalue weighted by Gasteiger charge is 2.53. The third-order valence-corrected chi connectivity index (χ3v) is 8.41. The molecule has 3 saturated heterocycles. The van der Waals surface area contributed by atoms with E-state index < -0.39 is 11.6 Å². The van der Waals surface area contributed by atoms with Gasteiger partial charge in [0.15, 0.2) is 6.61 Å². The molecule has 1 aromatic rings. The molecule has 0 aromatic heterocycles. The van der Waals surface area contributed by atoms with Gasteiger partial charge in [-0.3, -0.25) is 19.3 Å². The van der Waals surface area contributed by atoms with Gasteiger partial charge in [-0.25, -0.2) is 4.79 Å². The fourth-order valence-electron chi connectivity index (χ4n) is 6.41. The van der Waals surface area contributed by atoms with Crippen LogP contribution >= 0.6 is 0 Å². The largest absolute Gasteiger partial charge is 0.484 e. The Morgan fingerprint density at radius 2 is 1.64 bits per heavy atom. The molecule has 9 heteroatoms. The van der Waals surface area contributed by atoms with Crippen LogP contribution in [0.15, 0.2) is 30.3 Å². The first-order chi connectivity index (χ1) is 17.5. The van der Waals surface area contributed by atoms with E-state index in [0.29, 0.717) is 44.1 Å². The van der Waals surface area contributed by atoms with E-state index in [1.54, 1.807) is 0 Å². The van der Waals surface area contributed by atoms with Crippen molar-refractivity contribution < 1.29 is 23.9 Å². The number of rotatable bonds is 6. The highest BCUT2D eigenvalue weighted by Crippen LogP contribution is 2.36. The lowest BCUT2D eigenvalue weighted by atomic mass is 9.83. The molecular weight excluding hydrogens is 460 g/mol. The molecule has 0 radical (unpaired) electrons. The van der Waals surface area contributed by atoms with Crippen LogP contribution in [0, 0.1) is 5.92 Å². The van der Waals surface area contributed by atoms with Crippen molar-refractivity contribution in [1.82, 2.24) is 20.0 Å². The van der Waals surface area contributed by atoms with Crippen molar-refractivity contribution in [1.29, 1.82) is 0 Å². The summed E-state index contributed by atoms with van der Waals surface area (Å²) in [5.74, 6) is 0.580. The van der Waals surface area contributed by atoms with Crippen molar-refractivity contribution in [2.75, 3.05) is 32.8 Å². The van der Waals surface area contributed by atoms with Crippen molar-refractivity contribution >= 4 is 23.8 Å². The van der Waals surface area contributed by atoms with Gasteiger partial charge in [-0.15, -0.1) is 0 Å². The molecule has 5 amide bonds. The van der Waals surface area contributed by atoms with Crippen LogP contribution in [0.5, 0.6) is 5.75 Å². The van der Waals surface area contributed by atoms with Crippen LogP contribution in [0.25, 0.3) is 0 Å². The second-order valence-electron chi connectivity index (χ2n) is 10.6. The minimum atomic E-state index is -0.789. The Bertz CT molecular complexity index is 985. The molecule has 1 aromatic carbocycles. The number of likely N-dealkylation sites (tertiary alicyclic amines) is 2. The molecule has 1 N–H and O–H groups in total. The second-order valence-corrected chi connectivity index (χ2v) is 10.6. The highest BCUT2D eigenvalue weighted by molar-refractivity contribution is 6.09. The first-order valence-corrected chi connectivity index (χ1v) is 13.4. The van der Waals surface area contributed by atoms with Crippen LogP contribution in [0.2, 0.25) is 0 Å². The molecule has 9 nitrogen and oxygen atoms in total. The van der Waals surface area contributed by atoms with Gasteiger partial charge in [-0.05, 0) is 63.0 Å². The summed E-state index contributed by atoms with van der Waals surface area (Å²) < 4.78 is 5.62. The number of para-hydroxylation sites is 1. The first kappa shape index (κ1) is 24.6. The summed E-state index contributed by atoms with van der Waals surface area (Å²) in [5.41, 5.74) is -0.789. The molecule has 5 rings (SSSR count). The number of carbonyl (C=O) groups excluding carboxylic acids is 4. The number of urea groups is 1. The molecule has 1 aliphatic carbocycles. The summed E-state index contributed by atoms with van der Waals surface area (Å²) in [7, 11) is 0. The van der Waals surface area contributed by atoms with Crippen molar-refractivity contribution in [2.45, 2.75) is 69.4 Å². The van der Waals surface area contributed by atoms with Gasteiger partial charge in [0, 0.05) is 25.7 Å². The molecule has 4 fully saturated rings. The van der Waals surface area contributed by atoms with E-state index in [4.69, 9.17) is 4.74 Å². The van der Waals surface area contributed by atoms with Gasteiger partial charge in [-0.2, -0.15) is 0 Å². The molecule has 3 heterocycles. The van der Waals surface area contributed by atoms with Gasteiger partial charge >= 0.3 is 6.03 Å². The van der Waals surface area contributed by atoms with Crippen LogP contribution in [0.3, 0.4) is 0 Å². The standard InChI is InChI=1S/C27H36N4O5/c32-23(18-31-25(34)27(28-26(31)35)13-5-6-14-27)30-15-7-4-10-22(30)20-11-16-29(17-12-20)24(33)19-36-21-8-2-1-3-9-21/h1-3,8-9,20,22H,4-7,10-19H2,(H,28,35)/t22-/m1/s1. The highest BCUT2D eigenvalue weighted by atomic mass is 16.5. The second kappa shape index (κ2) is 10.5. The molecular formula is C27H36N4O5. The Balaban J connectivity index is 1.15. The minimum Gasteiger partial charge on any atom is -0.484 e. The number of benzene rings is 1. The van der Waals surface area contributed by atoms with Gasteiger partial charge in [0.05, 0.1) is 0 Å². The Morgan fingerprint density at radius 1 is 0.917 bits per heavy atom. The topological polar surface area (TPSA) is 99.3 Å². The molecule has 0 unspecified atom stereocenters. The number of amides is 5. The Morgan fingerprint density at radius 3 is 2.36 bits per heavy atom. The van der Waals surface area contributed by atoms with Crippen LogP contribution in [0.1, 0.15) is 57.8 Å². The summed E-state index contributed by atoms with van der Waals surface area (Å²) in [6.07, 6.45) is 7.72.